The first-order valence-corrected chi connectivity index (χ1v) is 13.4. The number of carbonyl (C=O) groups excluding carboxylic acids is 2. The number of para-hydroxylation sites is 1. The van der Waals surface area contributed by atoms with Crippen LogP contribution in [-0.4, -0.2) is 34.4 Å². The normalized spacial score (nSPS) is 10.8. The van der Waals surface area contributed by atoms with E-state index in [4.69, 9.17) is 14.6 Å². The number of nitrogens with zero attached hydrogens (tertiary/aromatic N) is 3. The maximum absolute atomic E-state index is 12.4. The molecule has 1 heterocycles. The van der Waals surface area contributed by atoms with Crippen molar-refractivity contribution in [3.8, 4) is 28.4 Å². The molecule has 0 bridgehead atoms. The molecule has 0 spiro atoms. The minimum Gasteiger partial charge on any atom is -0.494 e. The molecule has 2 amide bonds. The third kappa shape index (κ3) is 7.28. The van der Waals surface area contributed by atoms with E-state index in [1.807, 2.05) is 91.9 Å². The Morgan fingerprint density at radius 2 is 1.45 bits per heavy atom. The average Bonchev–Trinajstić information content (AvgIpc) is 3.46. The van der Waals surface area contributed by atoms with Gasteiger partial charge < -0.3 is 14.8 Å². The molecule has 5 rings (SSSR count). The molecule has 0 fully saturated rings. The highest BCUT2D eigenvalue weighted by molar-refractivity contribution is 6.39. The van der Waals surface area contributed by atoms with Gasteiger partial charge in [-0.05, 0) is 73.2 Å². The SMILES string of the molecule is CCOc1ccc(NC(=O)C(=O)NN=Cc2cn(-c3ccccc3)nc2-c2ccc(OCc3ccccc3)cc2)cc1. The van der Waals surface area contributed by atoms with Crippen LogP contribution >= 0.6 is 0 Å². The van der Waals surface area contributed by atoms with Crippen molar-refractivity contribution in [2.24, 2.45) is 5.10 Å². The van der Waals surface area contributed by atoms with E-state index in [-0.39, 0.29) is 0 Å². The zero-order valence-corrected chi connectivity index (χ0v) is 22.9. The Morgan fingerprint density at radius 3 is 2.14 bits per heavy atom. The van der Waals surface area contributed by atoms with Crippen LogP contribution in [0.3, 0.4) is 0 Å². The zero-order chi connectivity index (χ0) is 29.1. The number of aromatic nitrogens is 2. The van der Waals surface area contributed by atoms with Gasteiger partial charge in [0.1, 0.15) is 23.8 Å². The van der Waals surface area contributed by atoms with Crippen molar-refractivity contribution in [1.82, 2.24) is 15.2 Å². The van der Waals surface area contributed by atoms with Crippen LogP contribution in [0.25, 0.3) is 16.9 Å². The van der Waals surface area contributed by atoms with Gasteiger partial charge in [-0.1, -0.05) is 48.5 Å². The van der Waals surface area contributed by atoms with E-state index >= 15 is 0 Å². The topological polar surface area (TPSA) is 107 Å². The third-order valence-corrected chi connectivity index (χ3v) is 6.14. The maximum Gasteiger partial charge on any atom is 0.329 e. The molecule has 2 N–H and O–H groups in total. The van der Waals surface area contributed by atoms with E-state index < -0.39 is 11.8 Å². The van der Waals surface area contributed by atoms with Gasteiger partial charge in [0, 0.05) is 23.0 Å². The second-order valence-corrected chi connectivity index (χ2v) is 9.12. The number of hydrazone groups is 1. The van der Waals surface area contributed by atoms with Crippen LogP contribution in [0.5, 0.6) is 11.5 Å². The Hall–Kier alpha value is -5.70. The van der Waals surface area contributed by atoms with Gasteiger partial charge >= 0.3 is 11.8 Å². The molecular formula is C33H29N5O4. The molecule has 0 saturated heterocycles. The van der Waals surface area contributed by atoms with Crippen LogP contribution in [0.15, 0.2) is 120 Å². The number of ether oxygens (including phenoxy) is 2. The summed E-state index contributed by atoms with van der Waals surface area (Å²) >= 11 is 0. The number of amides is 2. The minimum absolute atomic E-state index is 0.463. The lowest BCUT2D eigenvalue weighted by molar-refractivity contribution is -0.136. The molecule has 0 aliphatic carbocycles. The zero-order valence-electron chi connectivity index (χ0n) is 22.9. The molecule has 0 radical (unpaired) electrons. The first kappa shape index (κ1) is 27.9. The molecule has 42 heavy (non-hydrogen) atoms. The number of hydrogen-bond donors (Lipinski definition) is 2. The van der Waals surface area contributed by atoms with Crippen molar-refractivity contribution in [3.63, 3.8) is 0 Å². The van der Waals surface area contributed by atoms with Gasteiger partial charge in [0.05, 0.1) is 18.5 Å². The Labute approximate surface area is 243 Å². The van der Waals surface area contributed by atoms with Crippen molar-refractivity contribution < 1.29 is 19.1 Å². The summed E-state index contributed by atoms with van der Waals surface area (Å²) in [6.45, 7) is 2.88. The van der Waals surface area contributed by atoms with Crippen molar-refractivity contribution in [3.05, 3.63) is 127 Å². The van der Waals surface area contributed by atoms with Crippen molar-refractivity contribution in [1.29, 1.82) is 0 Å². The largest absolute Gasteiger partial charge is 0.494 e. The Kier molecular flexibility index (Phi) is 9.01. The van der Waals surface area contributed by atoms with Crippen LogP contribution < -0.4 is 20.2 Å². The quantitative estimate of drug-likeness (QED) is 0.132. The lowest BCUT2D eigenvalue weighted by atomic mass is 10.1. The molecule has 0 atom stereocenters. The van der Waals surface area contributed by atoms with E-state index in [0.29, 0.717) is 35.9 Å². The van der Waals surface area contributed by atoms with Crippen LogP contribution in [0, 0.1) is 0 Å². The second kappa shape index (κ2) is 13.6. The van der Waals surface area contributed by atoms with Crippen LogP contribution in [-0.2, 0) is 16.2 Å². The molecule has 0 unspecified atom stereocenters. The monoisotopic (exact) mass is 559 g/mol. The molecule has 1 aromatic heterocycles. The van der Waals surface area contributed by atoms with Gasteiger partial charge in [0.25, 0.3) is 0 Å². The third-order valence-electron chi connectivity index (χ3n) is 6.14. The predicted molar refractivity (Wildman–Crippen MR) is 162 cm³/mol. The summed E-state index contributed by atoms with van der Waals surface area (Å²) in [5.41, 5.74) is 6.81. The average molecular weight is 560 g/mol. The van der Waals surface area contributed by atoms with E-state index in [1.165, 1.54) is 6.21 Å². The summed E-state index contributed by atoms with van der Waals surface area (Å²) in [7, 11) is 0. The van der Waals surface area contributed by atoms with E-state index in [9.17, 15) is 9.59 Å². The molecule has 5 aromatic rings. The molecule has 9 nitrogen and oxygen atoms in total. The number of benzene rings is 4. The smallest absolute Gasteiger partial charge is 0.329 e. The van der Waals surface area contributed by atoms with Crippen LogP contribution in [0.2, 0.25) is 0 Å². The maximum atomic E-state index is 12.4. The molecular weight excluding hydrogens is 530 g/mol. The molecule has 0 aliphatic heterocycles. The lowest BCUT2D eigenvalue weighted by Gasteiger charge is -2.07. The fraction of sp³-hybridized carbons (Fsp3) is 0.0909. The number of anilines is 1. The predicted octanol–water partition coefficient (Wildman–Crippen LogP) is 5.61. The molecule has 4 aromatic carbocycles. The van der Waals surface area contributed by atoms with Gasteiger partial charge in [0.2, 0.25) is 0 Å². The van der Waals surface area contributed by atoms with Crippen molar-refractivity contribution in [2.75, 3.05) is 11.9 Å². The standard InChI is InChI=1S/C33H29N5O4/c1-2-41-29-19-15-27(16-20-29)35-32(39)33(40)36-34-21-26-22-38(28-11-7-4-8-12-28)37-31(26)25-13-17-30(18-14-25)42-23-24-9-5-3-6-10-24/h3-22H,2,23H2,1H3,(H,35,39)(H,36,40). The number of nitrogens with one attached hydrogen (secondary N) is 2. The van der Waals surface area contributed by atoms with Gasteiger partial charge in [-0.2, -0.15) is 10.2 Å². The highest BCUT2D eigenvalue weighted by atomic mass is 16.5. The van der Waals surface area contributed by atoms with E-state index in [0.717, 1.165) is 22.6 Å². The number of carbonyl (C=O) groups is 2. The van der Waals surface area contributed by atoms with Crippen LogP contribution in [0.1, 0.15) is 18.1 Å². The fourth-order valence-corrected chi connectivity index (χ4v) is 4.07. The van der Waals surface area contributed by atoms with Gasteiger partial charge in [-0.3, -0.25) is 9.59 Å². The highest BCUT2D eigenvalue weighted by Crippen LogP contribution is 2.25. The summed E-state index contributed by atoms with van der Waals surface area (Å²) < 4.78 is 13.0. The Balaban J connectivity index is 1.29. The molecule has 0 aliphatic rings. The van der Waals surface area contributed by atoms with E-state index in [2.05, 4.69) is 15.8 Å². The summed E-state index contributed by atoms with van der Waals surface area (Å²) in [4.78, 5) is 24.8. The number of rotatable bonds is 10. The van der Waals surface area contributed by atoms with Gasteiger partial charge in [-0.25, -0.2) is 10.1 Å². The summed E-state index contributed by atoms with van der Waals surface area (Å²) in [6, 6.07) is 33.9. The highest BCUT2D eigenvalue weighted by Gasteiger charge is 2.15. The van der Waals surface area contributed by atoms with Crippen LogP contribution in [0.4, 0.5) is 5.69 Å². The van der Waals surface area contributed by atoms with Crippen molar-refractivity contribution in [2.45, 2.75) is 13.5 Å². The molecule has 210 valence electrons. The van der Waals surface area contributed by atoms with Gasteiger partial charge in [0.15, 0.2) is 0 Å². The molecule has 0 saturated carbocycles. The lowest BCUT2D eigenvalue weighted by Crippen LogP contribution is -2.32. The Bertz CT molecular complexity index is 1650. The van der Waals surface area contributed by atoms with Crippen molar-refractivity contribution >= 4 is 23.7 Å². The Morgan fingerprint density at radius 1 is 0.810 bits per heavy atom. The summed E-state index contributed by atoms with van der Waals surface area (Å²) in [5, 5.41) is 11.3. The first-order valence-electron chi connectivity index (χ1n) is 13.4. The molecule has 9 heteroatoms. The minimum atomic E-state index is -0.906. The van der Waals surface area contributed by atoms with E-state index in [1.54, 1.807) is 35.1 Å². The van der Waals surface area contributed by atoms with Gasteiger partial charge in [-0.15, -0.1) is 0 Å². The second-order valence-electron chi connectivity index (χ2n) is 9.12. The summed E-state index contributed by atoms with van der Waals surface area (Å²) in [5.74, 6) is -0.350. The number of hydrogen-bond acceptors (Lipinski definition) is 6. The fourth-order valence-electron chi connectivity index (χ4n) is 4.07. The summed E-state index contributed by atoms with van der Waals surface area (Å²) in [6.07, 6.45) is 3.27. The first-order chi connectivity index (χ1) is 20.6.